The molecule has 1 fully saturated rings. The van der Waals surface area contributed by atoms with Crippen molar-refractivity contribution in [1.82, 2.24) is 10.3 Å². The zero-order chi connectivity index (χ0) is 12.3. The highest BCUT2D eigenvalue weighted by atomic mass is 32.1. The Bertz CT molecular complexity index is 343. The SMILES string of the molecule is CCc1cnc(CNC2CC(C)OC(C)C2)s1. The van der Waals surface area contributed by atoms with E-state index in [9.17, 15) is 0 Å². The molecule has 0 radical (unpaired) electrons. The van der Waals surface area contributed by atoms with Crippen LogP contribution < -0.4 is 5.32 Å². The zero-order valence-corrected chi connectivity index (χ0v) is 11.7. The summed E-state index contributed by atoms with van der Waals surface area (Å²) < 4.78 is 5.74. The molecular formula is C13H22N2OS. The molecule has 0 spiro atoms. The Labute approximate surface area is 108 Å². The number of nitrogens with one attached hydrogen (secondary N) is 1. The Hall–Kier alpha value is -0.450. The van der Waals surface area contributed by atoms with Crippen LogP contribution in [0.4, 0.5) is 0 Å². The minimum absolute atomic E-state index is 0.374. The lowest BCUT2D eigenvalue weighted by Crippen LogP contribution is -2.40. The second-order valence-corrected chi connectivity index (χ2v) is 6.08. The van der Waals surface area contributed by atoms with Crippen molar-refractivity contribution in [2.45, 2.75) is 64.8 Å². The van der Waals surface area contributed by atoms with E-state index in [1.165, 1.54) is 9.88 Å². The van der Waals surface area contributed by atoms with Gasteiger partial charge in [-0.15, -0.1) is 11.3 Å². The van der Waals surface area contributed by atoms with Crippen LogP contribution in [0.15, 0.2) is 6.20 Å². The first kappa shape index (κ1) is 13.0. The van der Waals surface area contributed by atoms with Gasteiger partial charge in [-0.3, -0.25) is 0 Å². The van der Waals surface area contributed by atoms with Crippen molar-refractivity contribution >= 4 is 11.3 Å². The largest absolute Gasteiger partial charge is 0.375 e. The summed E-state index contributed by atoms with van der Waals surface area (Å²) in [5.74, 6) is 0. The molecule has 1 aliphatic rings. The maximum Gasteiger partial charge on any atom is 0.107 e. The van der Waals surface area contributed by atoms with E-state index in [0.29, 0.717) is 18.2 Å². The van der Waals surface area contributed by atoms with Gasteiger partial charge in [-0.25, -0.2) is 4.98 Å². The van der Waals surface area contributed by atoms with Gasteiger partial charge in [-0.1, -0.05) is 6.92 Å². The van der Waals surface area contributed by atoms with Crippen LogP contribution in [0.25, 0.3) is 0 Å². The third-order valence-electron chi connectivity index (χ3n) is 3.19. The average molecular weight is 254 g/mol. The first-order valence-corrected chi connectivity index (χ1v) is 7.31. The Morgan fingerprint density at radius 1 is 1.41 bits per heavy atom. The van der Waals surface area contributed by atoms with E-state index in [0.717, 1.165) is 25.8 Å². The number of hydrogen-bond donors (Lipinski definition) is 1. The Morgan fingerprint density at radius 3 is 2.71 bits per heavy atom. The van der Waals surface area contributed by atoms with Gasteiger partial charge < -0.3 is 10.1 Å². The van der Waals surface area contributed by atoms with Gasteiger partial charge in [0.25, 0.3) is 0 Å². The van der Waals surface area contributed by atoms with Crippen LogP contribution in [-0.4, -0.2) is 23.2 Å². The van der Waals surface area contributed by atoms with E-state index in [1.54, 1.807) is 0 Å². The maximum atomic E-state index is 5.74. The van der Waals surface area contributed by atoms with Gasteiger partial charge in [0.15, 0.2) is 0 Å². The summed E-state index contributed by atoms with van der Waals surface area (Å²) in [6.07, 6.45) is 6.05. The van der Waals surface area contributed by atoms with E-state index in [1.807, 2.05) is 17.5 Å². The van der Waals surface area contributed by atoms with Gasteiger partial charge in [0, 0.05) is 23.7 Å². The fraction of sp³-hybridized carbons (Fsp3) is 0.769. The van der Waals surface area contributed by atoms with Gasteiger partial charge in [0.2, 0.25) is 0 Å². The maximum absolute atomic E-state index is 5.74. The molecule has 1 aliphatic heterocycles. The lowest BCUT2D eigenvalue weighted by atomic mass is 10.00. The molecule has 4 heteroatoms. The molecule has 2 unspecified atom stereocenters. The van der Waals surface area contributed by atoms with Crippen LogP contribution in [0, 0.1) is 0 Å². The van der Waals surface area contributed by atoms with Crippen LogP contribution in [0.3, 0.4) is 0 Å². The molecule has 3 nitrogen and oxygen atoms in total. The number of rotatable bonds is 4. The van der Waals surface area contributed by atoms with Gasteiger partial charge in [-0.05, 0) is 33.1 Å². The van der Waals surface area contributed by atoms with Crippen LogP contribution in [-0.2, 0) is 17.7 Å². The molecule has 17 heavy (non-hydrogen) atoms. The van der Waals surface area contributed by atoms with Crippen LogP contribution in [0.2, 0.25) is 0 Å². The predicted molar refractivity (Wildman–Crippen MR) is 71.4 cm³/mol. The van der Waals surface area contributed by atoms with E-state index in [2.05, 4.69) is 31.1 Å². The topological polar surface area (TPSA) is 34.2 Å². The molecule has 0 aliphatic carbocycles. The molecule has 0 saturated carbocycles. The molecule has 96 valence electrons. The van der Waals surface area contributed by atoms with Gasteiger partial charge in [-0.2, -0.15) is 0 Å². The Balaban J connectivity index is 1.81. The molecule has 2 atom stereocenters. The summed E-state index contributed by atoms with van der Waals surface area (Å²) in [4.78, 5) is 5.81. The molecule has 1 N–H and O–H groups in total. The fourth-order valence-electron chi connectivity index (χ4n) is 2.40. The highest BCUT2D eigenvalue weighted by Gasteiger charge is 2.23. The van der Waals surface area contributed by atoms with Crippen LogP contribution >= 0.6 is 11.3 Å². The molecule has 0 amide bonds. The Kier molecular flexibility index (Phi) is 4.54. The molecule has 0 bridgehead atoms. The van der Waals surface area contributed by atoms with Crippen molar-refractivity contribution in [1.29, 1.82) is 0 Å². The molecular weight excluding hydrogens is 232 g/mol. The van der Waals surface area contributed by atoms with Crippen molar-refractivity contribution in [2.75, 3.05) is 0 Å². The number of hydrogen-bond acceptors (Lipinski definition) is 4. The number of aryl methyl sites for hydroxylation is 1. The summed E-state index contributed by atoms with van der Waals surface area (Å²) in [6.45, 7) is 7.38. The third kappa shape index (κ3) is 3.76. The summed E-state index contributed by atoms with van der Waals surface area (Å²) in [5, 5.41) is 4.81. The number of aromatic nitrogens is 1. The van der Waals surface area contributed by atoms with Crippen molar-refractivity contribution in [3.8, 4) is 0 Å². The molecule has 2 heterocycles. The molecule has 1 aromatic rings. The molecule has 2 rings (SSSR count). The summed E-state index contributed by atoms with van der Waals surface area (Å²) >= 11 is 1.82. The Morgan fingerprint density at radius 2 is 2.12 bits per heavy atom. The van der Waals surface area contributed by atoms with Crippen molar-refractivity contribution in [3.05, 3.63) is 16.1 Å². The fourth-order valence-corrected chi connectivity index (χ4v) is 3.21. The highest BCUT2D eigenvalue weighted by Crippen LogP contribution is 2.20. The number of thiazole rings is 1. The summed E-state index contributed by atoms with van der Waals surface area (Å²) in [6, 6.07) is 0.572. The predicted octanol–water partition coefficient (Wildman–Crippen LogP) is 2.75. The second kappa shape index (κ2) is 5.94. The first-order chi connectivity index (χ1) is 8.17. The second-order valence-electron chi connectivity index (χ2n) is 4.88. The number of nitrogens with zero attached hydrogens (tertiary/aromatic N) is 1. The van der Waals surface area contributed by atoms with Gasteiger partial charge in [0.1, 0.15) is 5.01 Å². The van der Waals surface area contributed by atoms with Crippen LogP contribution in [0.1, 0.15) is 43.5 Å². The van der Waals surface area contributed by atoms with Crippen molar-refractivity contribution in [2.24, 2.45) is 0 Å². The standard InChI is InChI=1S/C13H22N2OS/c1-4-12-7-15-13(17-12)8-14-11-5-9(2)16-10(3)6-11/h7,9-11,14H,4-6,8H2,1-3H3. The van der Waals surface area contributed by atoms with E-state index in [4.69, 9.17) is 4.74 Å². The highest BCUT2D eigenvalue weighted by molar-refractivity contribution is 7.11. The smallest absolute Gasteiger partial charge is 0.107 e. The molecule has 1 saturated heterocycles. The van der Waals surface area contributed by atoms with Crippen LogP contribution in [0.5, 0.6) is 0 Å². The van der Waals surface area contributed by atoms with Gasteiger partial charge >= 0.3 is 0 Å². The lowest BCUT2D eigenvalue weighted by molar-refractivity contribution is -0.0422. The van der Waals surface area contributed by atoms with E-state index >= 15 is 0 Å². The molecule has 1 aromatic heterocycles. The lowest BCUT2D eigenvalue weighted by Gasteiger charge is -2.32. The number of ether oxygens (including phenoxy) is 1. The molecule has 0 aromatic carbocycles. The average Bonchev–Trinajstić information content (AvgIpc) is 2.73. The first-order valence-electron chi connectivity index (χ1n) is 6.49. The normalized spacial score (nSPS) is 29.5. The summed E-state index contributed by atoms with van der Waals surface area (Å²) in [5.41, 5.74) is 0. The summed E-state index contributed by atoms with van der Waals surface area (Å²) in [7, 11) is 0. The van der Waals surface area contributed by atoms with Crippen molar-refractivity contribution < 1.29 is 4.74 Å². The van der Waals surface area contributed by atoms with Gasteiger partial charge in [0.05, 0.1) is 12.2 Å². The monoisotopic (exact) mass is 254 g/mol. The minimum Gasteiger partial charge on any atom is -0.375 e. The van der Waals surface area contributed by atoms with Crippen molar-refractivity contribution in [3.63, 3.8) is 0 Å². The zero-order valence-electron chi connectivity index (χ0n) is 10.9. The van der Waals surface area contributed by atoms with E-state index in [-0.39, 0.29) is 0 Å². The minimum atomic E-state index is 0.374. The quantitative estimate of drug-likeness (QED) is 0.897. The third-order valence-corrected chi connectivity index (χ3v) is 4.33. The van der Waals surface area contributed by atoms with E-state index < -0.39 is 0 Å².